The van der Waals surface area contributed by atoms with Crippen LogP contribution < -0.4 is 9.84 Å². The minimum Gasteiger partial charge on any atom is -0.546 e. The van der Waals surface area contributed by atoms with Crippen LogP contribution in [-0.2, 0) is 4.79 Å². The summed E-state index contributed by atoms with van der Waals surface area (Å²) in [7, 11) is 0. The molecule has 0 bridgehead atoms. The second kappa shape index (κ2) is 5.61. The van der Waals surface area contributed by atoms with Crippen LogP contribution in [0.25, 0.3) is 5.69 Å². The molecule has 1 heterocycles. The van der Waals surface area contributed by atoms with Gasteiger partial charge in [-0.3, -0.25) is 4.79 Å². The summed E-state index contributed by atoms with van der Waals surface area (Å²) in [6, 6.07) is 8.79. The third kappa shape index (κ3) is 2.71. The largest absolute Gasteiger partial charge is 0.546 e. The number of carboxylic acids is 1. The third-order valence-electron chi connectivity index (χ3n) is 3.05. The average molecular weight is 272 g/mol. The molecular formula is C15H14NO4-. The van der Waals surface area contributed by atoms with Crippen molar-refractivity contribution in [2.24, 2.45) is 0 Å². The number of benzene rings is 1. The molecule has 2 rings (SSSR count). The van der Waals surface area contributed by atoms with Crippen molar-refractivity contribution in [2.45, 2.75) is 13.8 Å². The van der Waals surface area contributed by atoms with E-state index in [0.717, 1.165) is 23.4 Å². The van der Waals surface area contributed by atoms with Gasteiger partial charge in [0.1, 0.15) is 12.4 Å². The molecule has 0 fully saturated rings. The molecule has 0 N–H and O–H groups in total. The van der Waals surface area contributed by atoms with E-state index in [1.807, 2.05) is 24.5 Å². The minimum atomic E-state index is -1.26. The summed E-state index contributed by atoms with van der Waals surface area (Å²) in [6.07, 6.45) is 0.830. The molecule has 5 nitrogen and oxygen atoms in total. The molecule has 5 heteroatoms. The molecule has 0 saturated heterocycles. The van der Waals surface area contributed by atoms with E-state index < -0.39 is 12.6 Å². The van der Waals surface area contributed by atoms with Gasteiger partial charge in [0, 0.05) is 22.6 Å². The van der Waals surface area contributed by atoms with E-state index in [9.17, 15) is 14.7 Å². The van der Waals surface area contributed by atoms with Gasteiger partial charge in [0.2, 0.25) is 0 Å². The van der Waals surface area contributed by atoms with Crippen molar-refractivity contribution in [1.82, 2.24) is 4.57 Å². The Labute approximate surface area is 116 Å². The zero-order valence-electron chi connectivity index (χ0n) is 11.3. The van der Waals surface area contributed by atoms with E-state index in [1.165, 1.54) is 0 Å². The van der Waals surface area contributed by atoms with Gasteiger partial charge in [-0.2, -0.15) is 0 Å². The van der Waals surface area contributed by atoms with E-state index in [4.69, 9.17) is 4.74 Å². The molecule has 0 amide bonds. The zero-order valence-corrected chi connectivity index (χ0v) is 11.3. The van der Waals surface area contributed by atoms with Crippen LogP contribution >= 0.6 is 0 Å². The molecule has 0 aliphatic rings. The first-order valence-corrected chi connectivity index (χ1v) is 6.10. The molecule has 0 aliphatic heterocycles. The SMILES string of the molecule is Cc1cc(C=O)c(C)n1-c1ccc(OCC(=O)[O-])cc1. The Morgan fingerprint density at radius 3 is 2.45 bits per heavy atom. The lowest BCUT2D eigenvalue weighted by atomic mass is 10.2. The number of ether oxygens (including phenoxy) is 1. The number of aryl methyl sites for hydroxylation is 1. The second-order valence-electron chi connectivity index (χ2n) is 4.43. The number of hydrogen-bond donors (Lipinski definition) is 0. The van der Waals surface area contributed by atoms with Crippen LogP contribution in [0.3, 0.4) is 0 Å². The molecule has 0 atom stereocenters. The number of nitrogens with zero attached hydrogens (tertiary/aromatic N) is 1. The van der Waals surface area contributed by atoms with Crippen molar-refractivity contribution in [3.8, 4) is 11.4 Å². The highest BCUT2D eigenvalue weighted by Gasteiger charge is 2.09. The lowest BCUT2D eigenvalue weighted by Gasteiger charge is -2.11. The van der Waals surface area contributed by atoms with Gasteiger partial charge in [0.25, 0.3) is 0 Å². The van der Waals surface area contributed by atoms with Gasteiger partial charge in [0.15, 0.2) is 6.29 Å². The Balaban J connectivity index is 2.28. The summed E-state index contributed by atoms with van der Waals surface area (Å²) < 4.78 is 6.97. The predicted molar refractivity (Wildman–Crippen MR) is 71.1 cm³/mol. The van der Waals surface area contributed by atoms with Crippen LogP contribution in [0.5, 0.6) is 5.75 Å². The maximum absolute atomic E-state index is 10.9. The molecule has 104 valence electrons. The first-order valence-electron chi connectivity index (χ1n) is 6.10. The summed E-state index contributed by atoms with van der Waals surface area (Å²) in [5.41, 5.74) is 3.35. The lowest BCUT2D eigenvalue weighted by Crippen LogP contribution is -2.28. The van der Waals surface area contributed by atoms with Gasteiger partial charge in [0.05, 0.1) is 5.97 Å². The maximum atomic E-state index is 10.9. The topological polar surface area (TPSA) is 71.4 Å². The summed E-state index contributed by atoms with van der Waals surface area (Å²) >= 11 is 0. The highest BCUT2D eigenvalue weighted by Crippen LogP contribution is 2.21. The van der Waals surface area contributed by atoms with Crippen molar-refractivity contribution in [2.75, 3.05) is 6.61 Å². The molecule has 0 saturated carbocycles. The van der Waals surface area contributed by atoms with Crippen LogP contribution in [0.15, 0.2) is 30.3 Å². The van der Waals surface area contributed by atoms with Crippen LogP contribution in [0.2, 0.25) is 0 Å². The molecule has 2 aromatic rings. The van der Waals surface area contributed by atoms with E-state index in [-0.39, 0.29) is 0 Å². The quantitative estimate of drug-likeness (QED) is 0.762. The smallest absolute Gasteiger partial charge is 0.151 e. The molecule has 0 radical (unpaired) electrons. The average Bonchev–Trinajstić information content (AvgIpc) is 2.72. The Hall–Kier alpha value is -2.56. The Morgan fingerprint density at radius 2 is 1.95 bits per heavy atom. The van der Waals surface area contributed by atoms with Crippen LogP contribution in [0.4, 0.5) is 0 Å². The van der Waals surface area contributed by atoms with Crippen molar-refractivity contribution >= 4 is 12.3 Å². The van der Waals surface area contributed by atoms with Crippen molar-refractivity contribution in [3.05, 3.63) is 47.3 Å². The van der Waals surface area contributed by atoms with E-state index in [1.54, 1.807) is 24.3 Å². The molecule has 0 unspecified atom stereocenters. The van der Waals surface area contributed by atoms with Crippen molar-refractivity contribution in [3.63, 3.8) is 0 Å². The number of hydrogen-bond acceptors (Lipinski definition) is 4. The molecule has 0 spiro atoms. The number of aliphatic carboxylic acids is 1. The van der Waals surface area contributed by atoms with Crippen LogP contribution in [0.1, 0.15) is 21.7 Å². The molecule has 1 aromatic heterocycles. The Kier molecular flexibility index (Phi) is 3.89. The highest BCUT2D eigenvalue weighted by molar-refractivity contribution is 5.77. The number of carboxylic acid groups (broad SMARTS) is 1. The minimum absolute atomic E-state index is 0.455. The molecule has 0 aliphatic carbocycles. The van der Waals surface area contributed by atoms with Gasteiger partial charge < -0.3 is 19.2 Å². The molecule has 20 heavy (non-hydrogen) atoms. The Morgan fingerprint density at radius 1 is 1.30 bits per heavy atom. The van der Waals surface area contributed by atoms with Gasteiger partial charge in [-0.15, -0.1) is 0 Å². The number of carbonyl (C=O) groups is 2. The van der Waals surface area contributed by atoms with E-state index in [0.29, 0.717) is 11.3 Å². The van der Waals surface area contributed by atoms with E-state index >= 15 is 0 Å². The van der Waals surface area contributed by atoms with Gasteiger partial charge in [-0.05, 0) is 44.2 Å². The Bertz CT molecular complexity index is 641. The normalized spacial score (nSPS) is 10.3. The lowest BCUT2D eigenvalue weighted by molar-refractivity contribution is -0.307. The van der Waals surface area contributed by atoms with Gasteiger partial charge >= 0.3 is 0 Å². The standard InChI is InChI=1S/C15H15NO4/c1-10-7-12(8-17)11(2)16(10)13-3-5-14(6-4-13)20-9-15(18)19/h3-8H,9H2,1-2H3,(H,18,19)/p-1. The summed E-state index contributed by atoms with van der Waals surface area (Å²) in [4.78, 5) is 21.2. The van der Waals surface area contributed by atoms with Gasteiger partial charge in [-0.1, -0.05) is 0 Å². The van der Waals surface area contributed by atoms with Crippen molar-refractivity contribution < 1.29 is 19.4 Å². The summed E-state index contributed by atoms with van der Waals surface area (Å²) in [6.45, 7) is 3.31. The van der Waals surface area contributed by atoms with Crippen molar-refractivity contribution in [1.29, 1.82) is 0 Å². The fourth-order valence-electron chi connectivity index (χ4n) is 2.14. The van der Waals surface area contributed by atoms with Gasteiger partial charge in [-0.25, -0.2) is 0 Å². The number of rotatable bonds is 5. The summed E-state index contributed by atoms with van der Waals surface area (Å²) in [5.74, 6) is -0.808. The number of aldehydes is 1. The summed E-state index contributed by atoms with van der Waals surface area (Å²) in [5, 5.41) is 10.3. The van der Waals surface area contributed by atoms with E-state index in [2.05, 4.69) is 0 Å². The van der Waals surface area contributed by atoms with Crippen LogP contribution in [0, 0.1) is 13.8 Å². The first-order chi connectivity index (χ1) is 9.52. The number of carbonyl (C=O) groups excluding carboxylic acids is 2. The molecular weight excluding hydrogens is 258 g/mol. The second-order valence-corrected chi connectivity index (χ2v) is 4.43. The highest BCUT2D eigenvalue weighted by atomic mass is 16.5. The predicted octanol–water partition coefficient (Wildman–Crippen LogP) is 1.04. The first kappa shape index (κ1) is 13.9. The zero-order chi connectivity index (χ0) is 14.7. The monoisotopic (exact) mass is 272 g/mol. The third-order valence-corrected chi connectivity index (χ3v) is 3.05. The van der Waals surface area contributed by atoms with Crippen LogP contribution in [-0.4, -0.2) is 23.4 Å². The molecule has 1 aromatic carbocycles. The number of aromatic nitrogens is 1. The fraction of sp³-hybridized carbons (Fsp3) is 0.200. The maximum Gasteiger partial charge on any atom is 0.151 e. The fourth-order valence-corrected chi connectivity index (χ4v) is 2.14.